The number of methoxy groups -OCH3 is 1. The van der Waals surface area contributed by atoms with Gasteiger partial charge < -0.3 is 19.7 Å². The fourth-order valence-corrected chi connectivity index (χ4v) is 6.01. The number of imidazole rings is 1. The van der Waals surface area contributed by atoms with Crippen molar-refractivity contribution in [3.05, 3.63) is 55.5 Å². The van der Waals surface area contributed by atoms with E-state index in [1.54, 1.807) is 42.5 Å². The number of alkyl halides is 1. The molecule has 6 atom stereocenters. The predicted molar refractivity (Wildman–Crippen MR) is 115 cm³/mol. The molecule has 9 heteroatoms. The van der Waals surface area contributed by atoms with Crippen LogP contribution in [0.5, 0.6) is 5.75 Å². The first-order valence-electron chi connectivity index (χ1n) is 10.6. The number of fused-ring (bicyclic) bond motifs is 1. The molecule has 0 amide bonds. The van der Waals surface area contributed by atoms with Crippen LogP contribution in [0, 0.1) is 11.8 Å². The summed E-state index contributed by atoms with van der Waals surface area (Å²) < 4.78 is 23.4. The number of allylic oxidation sites excluding steroid dienone is 1. The molecule has 0 radical (unpaired) electrons. The van der Waals surface area contributed by atoms with E-state index in [4.69, 9.17) is 4.74 Å². The number of nitrogens with zero attached hydrogens (tertiary/aromatic N) is 5. The Bertz CT molecular complexity index is 1220. The SMILES string of the molecule is C=C(c1ncc(-c2ccc(-n3ccnc3)cc2O)nn1)[C@@H]1CC2N[C@@]3(C)C([C@H]2OC)[C@@]13F. The van der Waals surface area contributed by atoms with Crippen LogP contribution in [0.3, 0.4) is 0 Å². The van der Waals surface area contributed by atoms with E-state index in [2.05, 4.69) is 32.1 Å². The van der Waals surface area contributed by atoms with E-state index in [-0.39, 0.29) is 29.7 Å². The summed E-state index contributed by atoms with van der Waals surface area (Å²) in [5.74, 6) is -0.196. The minimum atomic E-state index is -1.43. The van der Waals surface area contributed by atoms with Crippen molar-refractivity contribution < 1.29 is 14.2 Å². The maximum Gasteiger partial charge on any atom is 0.177 e. The quantitative estimate of drug-likeness (QED) is 0.637. The van der Waals surface area contributed by atoms with Crippen molar-refractivity contribution in [3.63, 3.8) is 0 Å². The first-order valence-corrected chi connectivity index (χ1v) is 10.6. The smallest absolute Gasteiger partial charge is 0.177 e. The zero-order chi connectivity index (χ0) is 22.3. The second kappa shape index (κ2) is 6.43. The number of ether oxygens (including phenoxy) is 1. The van der Waals surface area contributed by atoms with E-state index < -0.39 is 11.2 Å². The Labute approximate surface area is 184 Å². The summed E-state index contributed by atoms with van der Waals surface area (Å²) in [5, 5.41) is 22.4. The minimum Gasteiger partial charge on any atom is -0.507 e. The van der Waals surface area contributed by atoms with Crippen molar-refractivity contribution in [1.29, 1.82) is 0 Å². The third-order valence-corrected chi connectivity index (χ3v) is 7.60. The number of hydrogen-bond donors (Lipinski definition) is 2. The predicted octanol–water partition coefficient (Wildman–Crippen LogP) is 2.55. The Morgan fingerprint density at radius 1 is 1.38 bits per heavy atom. The maximum atomic E-state index is 16.0. The zero-order valence-corrected chi connectivity index (χ0v) is 17.7. The summed E-state index contributed by atoms with van der Waals surface area (Å²) in [7, 11) is 1.64. The molecule has 7 rings (SSSR count). The van der Waals surface area contributed by atoms with Crippen LogP contribution in [0.15, 0.2) is 49.7 Å². The highest BCUT2D eigenvalue weighted by atomic mass is 19.1. The molecule has 4 fully saturated rings. The van der Waals surface area contributed by atoms with Crippen LogP contribution in [-0.2, 0) is 4.74 Å². The molecule has 164 valence electrons. The number of benzene rings is 1. The van der Waals surface area contributed by atoms with Crippen molar-refractivity contribution in [3.8, 4) is 22.7 Å². The summed E-state index contributed by atoms with van der Waals surface area (Å²) in [4.78, 5) is 8.42. The van der Waals surface area contributed by atoms with Gasteiger partial charge in [0.05, 0.1) is 29.9 Å². The zero-order valence-electron chi connectivity index (χ0n) is 17.7. The van der Waals surface area contributed by atoms with Gasteiger partial charge in [-0.2, -0.15) is 0 Å². The minimum absolute atomic E-state index is 0.0550. The van der Waals surface area contributed by atoms with Gasteiger partial charge in [-0.05, 0) is 31.1 Å². The van der Waals surface area contributed by atoms with Crippen molar-refractivity contribution in [2.75, 3.05) is 7.11 Å². The second-order valence-corrected chi connectivity index (χ2v) is 9.05. The summed E-state index contributed by atoms with van der Waals surface area (Å²) >= 11 is 0. The number of aromatic hydroxyl groups is 1. The lowest BCUT2D eigenvalue weighted by molar-refractivity contribution is -0.00861. The van der Waals surface area contributed by atoms with Crippen molar-refractivity contribution in [1.82, 2.24) is 30.0 Å². The van der Waals surface area contributed by atoms with Gasteiger partial charge in [0.15, 0.2) is 5.82 Å². The lowest BCUT2D eigenvalue weighted by Crippen LogP contribution is -2.55. The Balaban J connectivity index is 1.25. The van der Waals surface area contributed by atoms with E-state index in [0.717, 1.165) is 5.69 Å². The number of phenols is 1. The van der Waals surface area contributed by atoms with E-state index in [1.165, 1.54) is 6.20 Å². The highest BCUT2D eigenvalue weighted by molar-refractivity contribution is 5.69. The standard InChI is InChI=1S/C23H23FN6O2/c1-12(15-9-16-19(32-3)20-22(2,27-16)23(15,20)24)21-26-10-17(28-29-21)14-5-4-13(8-18(14)31)30-7-6-25-11-30/h4-8,10-11,15-16,19-20,27,31H,1,9H2,2-3H3/t15-,16?,19-,20?,22-,23-/m0/s1. The van der Waals surface area contributed by atoms with Crippen LogP contribution in [-0.4, -0.2) is 60.3 Å². The van der Waals surface area contributed by atoms with Gasteiger partial charge in [-0.15, -0.1) is 10.2 Å². The van der Waals surface area contributed by atoms with Gasteiger partial charge in [0.25, 0.3) is 0 Å². The Kier molecular flexibility index (Phi) is 3.92. The normalized spacial score (nSPS) is 34.5. The summed E-state index contributed by atoms with van der Waals surface area (Å²) in [6, 6.07) is 5.31. The van der Waals surface area contributed by atoms with Crippen molar-refractivity contribution >= 4 is 5.57 Å². The van der Waals surface area contributed by atoms with Crippen molar-refractivity contribution in [2.45, 2.75) is 36.7 Å². The molecule has 2 saturated heterocycles. The second-order valence-electron chi connectivity index (χ2n) is 9.05. The highest BCUT2D eigenvalue weighted by Crippen LogP contribution is 2.73. The van der Waals surface area contributed by atoms with Crippen molar-refractivity contribution in [2.24, 2.45) is 11.8 Å². The number of aromatic nitrogens is 5. The highest BCUT2D eigenvalue weighted by Gasteiger charge is 2.88. The lowest BCUT2D eigenvalue weighted by atomic mass is 9.76. The molecular weight excluding hydrogens is 411 g/mol. The molecule has 2 aliphatic heterocycles. The molecule has 2 aliphatic carbocycles. The van der Waals surface area contributed by atoms with Gasteiger partial charge >= 0.3 is 0 Å². The molecule has 4 heterocycles. The Hall–Kier alpha value is -3.17. The van der Waals surface area contributed by atoms with Crippen LogP contribution in [0.2, 0.25) is 0 Å². The molecule has 4 aliphatic rings. The fraction of sp³-hybridized carbons (Fsp3) is 0.391. The van der Waals surface area contributed by atoms with Crippen LogP contribution in [0.25, 0.3) is 22.5 Å². The Morgan fingerprint density at radius 3 is 2.88 bits per heavy atom. The molecule has 2 N–H and O–H groups in total. The van der Waals surface area contributed by atoms with Crippen LogP contribution >= 0.6 is 0 Å². The molecule has 8 nitrogen and oxygen atoms in total. The molecule has 2 aromatic heterocycles. The van der Waals surface area contributed by atoms with E-state index in [1.807, 2.05) is 13.0 Å². The van der Waals surface area contributed by atoms with E-state index in [9.17, 15) is 5.11 Å². The molecule has 4 bridgehead atoms. The third kappa shape index (κ3) is 2.37. The van der Waals surface area contributed by atoms with Gasteiger partial charge in [-0.3, -0.25) is 0 Å². The third-order valence-electron chi connectivity index (χ3n) is 7.60. The summed E-state index contributed by atoms with van der Waals surface area (Å²) in [6.45, 7) is 6.05. The van der Waals surface area contributed by atoms with Crippen LogP contribution < -0.4 is 5.32 Å². The number of piperidine rings is 2. The number of hydrogen-bond acceptors (Lipinski definition) is 7. The van der Waals surface area contributed by atoms with Gasteiger partial charge in [-0.25, -0.2) is 14.4 Å². The molecule has 32 heavy (non-hydrogen) atoms. The molecule has 1 aromatic carbocycles. The van der Waals surface area contributed by atoms with E-state index >= 15 is 4.39 Å². The average Bonchev–Trinajstić information content (AvgIpc) is 3.19. The van der Waals surface area contributed by atoms with Crippen LogP contribution in [0.4, 0.5) is 4.39 Å². The fourth-order valence-electron chi connectivity index (χ4n) is 6.01. The maximum absolute atomic E-state index is 16.0. The number of phenolic OH excluding ortho intramolecular Hbond substituents is 1. The molecular formula is C23H23FN6O2. The first kappa shape index (κ1) is 19.5. The summed E-state index contributed by atoms with van der Waals surface area (Å²) in [5.41, 5.74) is 0.239. The topological polar surface area (TPSA) is 98.0 Å². The van der Waals surface area contributed by atoms with Gasteiger partial charge in [-0.1, -0.05) is 6.58 Å². The number of halogens is 1. The average molecular weight is 434 g/mol. The largest absolute Gasteiger partial charge is 0.507 e. The molecule has 2 saturated carbocycles. The molecule has 2 unspecified atom stereocenters. The van der Waals surface area contributed by atoms with Gasteiger partial charge in [0, 0.05) is 49.0 Å². The molecule has 0 spiro atoms. The monoisotopic (exact) mass is 434 g/mol. The van der Waals surface area contributed by atoms with Gasteiger partial charge in [0.1, 0.15) is 17.1 Å². The first-order chi connectivity index (χ1) is 15.4. The van der Waals surface area contributed by atoms with E-state index in [0.29, 0.717) is 29.1 Å². The Morgan fingerprint density at radius 2 is 2.22 bits per heavy atom. The molecule has 3 aromatic rings. The van der Waals surface area contributed by atoms with Gasteiger partial charge in [0.2, 0.25) is 0 Å². The van der Waals surface area contributed by atoms with Crippen LogP contribution in [0.1, 0.15) is 19.2 Å². The number of rotatable bonds is 5. The number of nitrogens with one attached hydrogen (secondary N) is 1. The lowest BCUT2D eigenvalue weighted by Gasteiger charge is -2.41. The summed E-state index contributed by atoms with van der Waals surface area (Å²) in [6.07, 6.45) is 7.11.